The van der Waals surface area contributed by atoms with E-state index in [0.29, 0.717) is 21.3 Å². The van der Waals surface area contributed by atoms with E-state index >= 15 is 0 Å². The Morgan fingerprint density at radius 3 is 2.57 bits per heavy atom. The summed E-state index contributed by atoms with van der Waals surface area (Å²) in [5.41, 5.74) is 3.86. The molecule has 1 fully saturated rings. The number of hydrogen-bond donors (Lipinski definition) is 2. The molecule has 0 unspecified atom stereocenters. The van der Waals surface area contributed by atoms with Crippen LogP contribution in [-0.2, 0) is 0 Å². The van der Waals surface area contributed by atoms with Gasteiger partial charge in [0.05, 0.1) is 28.2 Å². The predicted octanol–water partition coefficient (Wildman–Crippen LogP) is 5.63. The fourth-order valence-corrected chi connectivity index (χ4v) is 4.10. The van der Waals surface area contributed by atoms with Crippen molar-refractivity contribution in [2.24, 2.45) is 0 Å². The number of hydrogen-bond acceptors (Lipinski definition) is 3. The first-order valence-corrected chi connectivity index (χ1v) is 10.4. The summed E-state index contributed by atoms with van der Waals surface area (Å²) in [4.78, 5) is 13.1. The first-order chi connectivity index (χ1) is 14.0. The van der Waals surface area contributed by atoms with Crippen LogP contribution in [0, 0.1) is 6.92 Å². The normalized spacial score (nSPS) is 14.2. The van der Waals surface area contributed by atoms with Gasteiger partial charge in [0.25, 0.3) is 5.91 Å². The van der Waals surface area contributed by atoms with Gasteiger partial charge in [0.2, 0.25) is 0 Å². The molecule has 3 aromatic rings. The second-order valence-corrected chi connectivity index (χ2v) is 8.06. The molecule has 1 aliphatic heterocycles. The molecule has 0 saturated carbocycles. The number of piperidine rings is 1. The van der Waals surface area contributed by atoms with Crippen LogP contribution >= 0.6 is 35.6 Å². The zero-order valence-corrected chi connectivity index (χ0v) is 18.8. The monoisotopic (exact) mass is 464 g/mol. The Kier molecular flexibility index (Phi) is 7.42. The highest BCUT2D eigenvalue weighted by Gasteiger charge is 2.27. The average Bonchev–Trinajstić information content (AvgIpc) is 3.17. The Hall–Kier alpha value is -2.05. The first-order valence-electron chi connectivity index (χ1n) is 9.65. The van der Waals surface area contributed by atoms with E-state index in [2.05, 4.69) is 15.7 Å². The fraction of sp³-hybridized carbons (Fsp3) is 0.273. The van der Waals surface area contributed by atoms with Crippen molar-refractivity contribution in [1.82, 2.24) is 15.1 Å². The largest absolute Gasteiger partial charge is 0.322 e. The van der Waals surface area contributed by atoms with Crippen LogP contribution in [0.3, 0.4) is 0 Å². The van der Waals surface area contributed by atoms with Gasteiger partial charge in [0.1, 0.15) is 0 Å². The summed E-state index contributed by atoms with van der Waals surface area (Å²) in [6.45, 7) is 3.75. The van der Waals surface area contributed by atoms with Crippen LogP contribution < -0.4 is 10.6 Å². The molecular formula is C22H23Cl3N4O. The molecule has 0 spiro atoms. The lowest BCUT2D eigenvalue weighted by atomic mass is 9.91. The molecule has 1 aromatic heterocycles. The van der Waals surface area contributed by atoms with E-state index in [-0.39, 0.29) is 24.2 Å². The molecule has 1 saturated heterocycles. The van der Waals surface area contributed by atoms with E-state index in [0.717, 1.165) is 42.9 Å². The SMILES string of the molecule is Cc1ccc(NC(=O)c2cnn(-c3ccccc3Cl)c2C2CCNCC2)cc1Cl.Cl. The van der Waals surface area contributed by atoms with Crippen LogP contribution in [0.15, 0.2) is 48.7 Å². The molecule has 2 heterocycles. The summed E-state index contributed by atoms with van der Waals surface area (Å²) in [5, 5.41) is 12.1. The lowest BCUT2D eigenvalue weighted by Gasteiger charge is -2.25. The molecule has 0 radical (unpaired) electrons. The molecule has 158 valence electrons. The lowest BCUT2D eigenvalue weighted by Crippen LogP contribution is -2.29. The fourth-order valence-electron chi connectivity index (χ4n) is 3.71. The van der Waals surface area contributed by atoms with Gasteiger partial charge in [-0.15, -0.1) is 12.4 Å². The van der Waals surface area contributed by atoms with E-state index in [1.807, 2.05) is 48.0 Å². The van der Waals surface area contributed by atoms with Crippen molar-refractivity contribution in [3.63, 3.8) is 0 Å². The molecule has 2 aromatic carbocycles. The maximum absolute atomic E-state index is 13.1. The third-order valence-corrected chi connectivity index (χ3v) is 6.01. The van der Waals surface area contributed by atoms with E-state index in [9.17, 15) is 4.79 Å². The Balaban J connectivity index is 0.00000256. The molecule has 30 heavy (non-hydrogen) atoms. The van der Waals surface area contributed by atoms with E-state index in [4.69, 9.17) is 23.2 Å². The highest BCUT2D eigenvalue weighted by molar-refractivity contribution is 6.32. The number of anilines is 1. The number of amides is 1. The summed E-state index contributed by atoms with van der Waals surface area (Å²) in [7, 11) is 0. The predicted molar refractivity (Wildman–Crippen MR) is 125 cm³/mol. The number of carbonyl (C=O) groups is 1. The topological polar surface area (TPSA) is 59.0 Å². The zero-order valence-electron chi connectivity index (χ0n) is 16.5. The number of benzene rings is 2. The Bertz CT molecular complexity index is 1040. The highest BCUT2D eigenvalue weighted by atomic mass is 35.5. The van der Waals surface area contributed by atoms with Crippen LogP contribution in [0.4, 0.5) is 5.69 Å². The van der Waals surface area contributed by atoms with Gasteiger partial charge in [0.15, 0.2) is 0 Å². The Labute approximate surface area is 192 Å². The number of rotatable bonds is 4. The van der Waals surface area contributed by atoms with E-state index in [1.54, 1.807) is 12.3 Å². The van der Waals surface area contributed by atoms with Gasteiger partial charge in [-0.25, -0.2) is 4.68 Å². The number of nitrogens with one attached hydrogen (secondary N) is 2. The number of carbonyl (C=O) groups excluding carboxylic acids is 1. The van der Waals surface area contributed by atoms with E-state index < -0.39 is 0 Å². The number of aryl methyl sites for hydroxylation is 1. The third-order valence-electron chi connectivity index (χ3n) is 5.29. The van der Waals surface area contributed by atoms with Crippen molar-refractivity contribution < 1.29 is 4.79 Å². The van der Waals surface area contributed by atoms with Crippen LogP contribution in [0.5, 0.6) is 0 Å². The second-order valence-electron chi connectivity index (χ2n) is 7.25. The van der Waals surface area contributed by atoms with Crippen LogP contribution in [0.25, 0.3) is 5.69 Å². The second kappa shape index (κ2) is 9.84. The summed E-state index contributed by atoms with van der Waals surface area (Å²) >= 11 is 12.6. The van der Waals surface area contributed by atoms with Gasteiger partial charge < -0.3 is 10.6 Å². The summed E-state index contributed by atoms with van der Waals surface area (Å²) in [5.74, 6) is 0.0223. The maximum Gasteiger partial charge on any atom is 0.259 e. The van der Waals surface area contributed by atoms with Crippen molar-refractivity contribution in [1.29, 1.82) is 0 Å². The van der Waals surface area contributed by atoms with Crippen molar-refractivity contribution in [3.05, 3.63) is 75.5 Å². The third kappa shape index (κ3) is 4.65. The molecule has 2 N–H and O–H groups in total. The van der Waals surface area contributed by atoms with Crippen molar-refractivity contribution >= 4 is 47.2 Å². The maximum atomic E-state index is 13.1. The molecule has 0 bridgehead atoms. The highest BCUT2D eigenvalue weighted by Crippen LogP contribution is 2.32. The minimum absolute atomic E-state index is 0. The van der Waals surface area contributed by atoms with Gasteiger partial charge in [0, 0.05) is 16.6 Å². The standard InChI is InChI=1S/C22H22Cl2N4O.ClH/c1-14-6-7-16(12-19(14)24)27-22(29)17-13-26-28(20-5-3-2-4-18(20)23)21(17)15-8-10-25-11-9-15;/h2-7,12-13,15,25H,8-11H2,1H3,(H,27,29);1H. The summed E-state index contributed by atoms with van der Waals surface area (Å²) in [6.07, 6.45) is 3.51. The van der Waals surface area contributed by atoms with Crippen LogP contribution in [0.1, 0.15) is 40.4 Å². The van der Waals surface area contributed by atoms with Crippen molar-refractivity contribution in [2.45, 2.75) is 25.7 Å². The molecule has 5 nitrogen and oxygen atoms in total. The molecule has 1 amide bonds. The molecule has 1 aliphatic rings. The van der Waals surface area contributed by atoms with Gasteiger partial charge in [-0.2, -0.15) is 5.10 Å². The number of para-hydroxylation sites is 1. The van der Waals surface area contributed by atoms with Crippen LogP contribution in [0.2, 0.25) is 10.0 Å². The quantitative estimate of drug-likeness (QED) is 0.525. The van der Waals surface area contributed by atoms with Crippen molar-refractivity contribution in [2.75, 3.05) is 18.4 Å². The minimum atomic E-state index is -0.197. The number of aromatic nitrogens is 2. The van der Waals surface area contributed by atoms with Gasteiger partial charge in [-0.05, 0) is 62.7 Å². The minimum Gasteiger partial charge on any atom is -0.322 e. The molecule has 4 rings (SSSR count). The van der Waals surface area contributed by atoms with Gasteiger partial charge in [-0.1, -0.05) is 41.4 Å². The van der Waals surface area contributed by atoms with Gasteiger partial charge >= 0.3 is 0 Å². The molecule has 0 atom stereocenters. The number of nitrogens with zero attached hydrogens (tertiary/aromatic N) is 2. The summed E-state index contributed by atoms with van der Waals surface area (Å²) < 4.78 is 1.81. The molecule has 8 heteroatoms. The summed E-state index contributed by atoms with van der Waals surface area (Å²) in [6, 6.07) is 13.1. The number of halogens is 3. The first kappa shape index (κ1) is 22.6. The smallest absolute Gasteiger partial charge is 0.259 e. The van der Waals surface area contributed by atoms with Gasteiger partial charge in [-0.3, -0.25) is 4.79 Å². The zero-order chi connectivity index (χ0) is 20.4. The Morgan fingerprint density at radius 2 is 1.87 bits per heavy atom. The van der Waals surface area contributed by atoms with Crippen LogP contribution in [-0.4, -0.2) is 28.8 Å². The van der Waals surface area contributed by atoms with Crippen molar-refractivity contribution in [3.8, 4) is 5.69 Å². The molecule has 0 aliphatic carbocycles. The average molecular weight is 466 g/mol. The lowest BCUT2D eigenvalue weighted by molar-refractivity contribution is 0.102. The molecular weight excluding hydrogens is 443 g/mol. The Morgan fingerprint density at radius 1 is 1.13 bits per heavy atom. The van der Waals surface area contributed by atoms with E-state index in [1.165, 1.54) is 0 Å².